The molecule has 2 aromatic heterocycles. The number of carbonyl (C=O) groups is 2. The van der Waals surface area contributed by atoms with E-state index in [-0.39, 0.29) is 60.0 Å². The summed E-state index contributed by atoms with van der Waals surface area (Å²) in [5, 5.41) is 23.9. The maximum Gasteiger partial charge on any atom is 0.253 e. The molecule has 10 heteroatoms. The van der Waals surface area contributed by atoms with Gasteiger partial charge >= 0.3 is 0 Å². The van der Waals surface area contributed by atoms with Crippen molar-refractivity contribution in [2.45, 2.75) is 13.0 Å². The minimum Gasteiger partial charge on any atom is -0.506 e. The number of amides is 2. The number of pyridine rings is 2. The molecule has 0 aliphatic heterocycles. The van der Waals surface area contributed by atoms with E-state index in [2.05, 4.69) is 20.6 Å². The van der Waals surface area contributed by atoms with Crippen molar-refractivity contribution in [3.8, 4) is 11.5 Å². The topological polar surface area (TPSA) is 124 Å². The van der Waals surface area contributed by atoms with Gasteiger partial charge in [0.2, 0.25) is 0 Å². The summed E-state index contributed by atoms with van der Waals surface area (Å²) in [5.74, 6) is -1.02. The van der Waals surface area contributed by atoms with Gasteiger partial charge in [0.1, 0.15) is 11.5 Å². The van der Waals surface area contributed by atoms with E-state index >= 15 is 0 Å². The van der Waals surface area contributed by atoms with E-state index in [1.165, 1.54) is 36.9 Å². The summed E-state index contributed by atoms with van der Waals surface area (Å²) in [6, 6.07) is 2.25. The number of aromatic hydroxyl groups is 2. The van der Waals surface area contributed by atoms with Gasteiger partial charge in [-0.2, -0.15) is 0 Å². The van der Waals surface area contributed by atoms with Crippen LogP contribution in [-0.4, -0.2) is 44.6 Å². The highest BCUT2D eigenvalue weighted by molar-refractivity contribution is 5.95. The summed E-state index contributed by atoms with van der Waals surface area (Å²) in [6.45, 7) is 1.90. The first kappa shape index (κ1) is 22.4. The molecule has 0 fully saturated rings. The van der Waals surface area contributed by atoms with Gasteiger partial charge in [-0.05, 0) is 19.1 Å². The lowest BCUT2D eigenvalue weighted by atomic mass is 10.2. The molecule has 25 heavy (non-hydrogen) atoms. The van der Waals surface area contributed by atoms with E-state index in [1.807, 2.05) is 0 Å². The zero-order chi connectivity index (χ0) is 16.8. The molecule has 0 radical (unpaired) electrons. The number of nitrogens with one attached hydrogen (secondary N) is 2. The van der Waals surface area contributed by atoms with Crippen LogP contribution in [0.1, 0.15) is 27.6 Å². The molecule has 0 saturated heterocycles. The van der Waals surface area contributed by atoms with Crippen LogP contribution in [0.4, 0.5) is 0 Å². The lowest BCUT2D eigenvalue weighted by molar-refractivity contribution is 0.0911. The predicted octanol–water partition coefficient (Wildman–Crippen LogP) is 1.28. The zero-order valence-electron chi connectivity index (χ0n) is 13.2. The van der Waals surface area contributed by atoms with Crippen molar-refractivity contribution in [2.24, 2.45) is 0 Å². The summed E-state index contributed by atoms with van der Waals surface area (Å²) in [6.07, 6.45) is 5.11. The average Bonchev–Trinajstić information content (AvgIpc) is 2.52. The monoisotopic (exact) mass is 388 g/mol. The predicted molar refractivity (Wildman–Crippen MR) is 95.6 cm³/mol. The number of hydrogen-bond donors (Lipinski definition) is 4. The van der Waals surface area contributed by atoms with Crippen LogP contribution >= 0.6 is 24.8 Å². The number of hydrogen-bond acceptors (Lipinski definition) is 6. The molecule has 1 atom stereocenters. The number of rotatable bonds is 5. The Bertz CT molecular complexity index is 730. The van der Waals surface area contributed by atoms with Crippen LogP contribution in [0.15, 0.2) is 36.9 Å². The molecule has 0 bridgehead atoms. The molecule has 0 aromatic carbocycles. The minimum absolute atomic E-state index is 0. The normalized spacial score (nSPS) is 10.6. The standard InChI is InChI=1S/C15H16N4O4.2ClH/c1-9(19-15(23)11-3-13(21)8-17-6-11)4-18-14(22)10-2-12(20)7-16-5-10;;/h2-3,5-9,20-21H,4H2,1H3,(H,18,22)(H,19,23);2*1H. The highest BCUT2D eigenvalue weighted by atomic mass is 35.5. The van der Waals surface area contributed by atoms with E-state index in [0.29, 0.717) is 0 Å². The van der Waals surface area contributed by atoms with Crippen molar-refractivity contribution >= 4 is 36.6 Å². The van der Waals surface area contributed by atoms with E-state index in [0.717, 1.165) is 0 Å². The van der Waals surface area contributed by atoms with Crippen LogP contribution in [0.5, 0.6) is 11.5 Å². The molecule has 2 heterocycles. The van der Waals surface area contributed by atoms with Crippen LogP contribution in [0.3, 0.4) is 0 Å². The number of halogens is 2. The largest absolute Gasteiger partial charge is 0.506 e. The highest BCUT2D eigenvalue weighted by Gasteiger charge is 2.13. The van der Waals surface area contributed by atoms with Crippen LogP contribution in [0.2, 0.25) is 0 Å². The molecule has 2 amide bonds. The van der Waals surface area contributed by atoms with Crippen molar-refractivity contribution in [3.63, 3.8) is 0 Å². The Morgan fingerprint density at radius 2 is 1.44 bits per heavy atom. The summed E-state index contributed by atoms with van der Waals surface area (Å²) in [4.78, 5) is 31.3. The first-order valence-corrected chi connectivity index (χ1v) is 6.83. The summed E-state index contributed by atoms with van der Waals surface area (Å²) in [7, 11) is 0. The number of aromatic nitrogens is 2. The quantitative estimate of drug-likeness (QED) is 0.611. The minimum atomic E-state index is -0.409. The molecular weight excluding hydrogens is 371 g/mol. The first-order valence-electron chi connectivity index (χ1n) is 6.83. The summed E-state index contributed by atoms with van der Waals surface area (Å²) >= 11 is 0. The van der Waals surface area contributed by atoms with Gasteiger partial charge in [-0.25, -0.2) is 0 Å². The highest BCUT2D eigenvalue weighted by Crippen LogP contribution is 2.09. The lowest BCUT2D eigenvalue weighted by Gasteiger charge is -2.14. The smallest absolute Gasteiger partial charge is 0.253 e. The molecule has 4 N–H and O–H groups in total. The van der Waals surface area contributed by atoms with Gasteiger partial charge in [0, 0.05) is 25.0 Å². The van der Waals surface area contributed by atoms with E-state index in [4.69, 9.17) is 0 Å². The molecule has 0 spiro atoms. The second-order valence-corrected chi connectivity index (χ2v) is 4.95. The second kappa shape index (κ2) is 10.3. The van der Waals surface area contributed by atoms with Crippen LogP contribution < -0.4 is 10.6 Å². The van der Waals surface area contributed by atoms with Crippen LogP contribution in [0.25, 0.3) is 0 Å². The Kier molecular flexibility index (Phi) is 9.25. The van der Waals surface area contributed by atoms with Crippen molar-refractivity contribution < 1.29 is 19.8 Å². The maximum absolute atomic E-state index is 11.9. The van der Waals surface area contributed by atoms with Gasteiger partial charge in [-0.15, -0.1) is 24.8 Å². The van der Waals surface area contributed by atoms with Crippen LogP contribution in [0, 0.1) is 0 Å². The molecule has 0 aliphatic rings. The number of carbonyl (C=O) groups excluding carboxylic acids is 2. The van der Waals surface area contributed by atoms with Gasteiger partial charge in [0.15, 0.2) is 0 Å². The molecular formula is C15H18Cl2N4O4. The molecule has 2 aromatic rings. The maximum atomic E-state index is 11.9. The Morgan fingerprint density at radius 1 is 0.960 bits per heavy atom. The van der Waals surface area contributed by atoms with Crippen LogP contribution in [-0.2, 0) is 0 Å². The average molecular weight is 389 g/mol. The molecule has 1 unspecified atom stereocenters. The Labute approximate surface area is 156 Å². The van der Waals surface area contributed by atoms with Gasteiger partial charge in [-0.3, -0.25) is 19.6 Å². The third-order valence-corrected chi connectivity index (χ3v) is 2.92. The zero-order valence-corrected chi connectivity index (χ0v) is 14.8. The van der Waals surface area contributed by atoms with Gasteiger partial charge in [-0.1, -0.05) is 0 Å². The molecule has 0 aliphatic carbocycles. The van der Waals surface area contributed by atoms with Crippen molar-refractivity contribution in [1.29, 1.82) is 0 Å². The Morgan fingerprint density at radius 3 is 1.92 bits per heavy atom. The third-order valence-electron chi connectivity index (χ3n) is 2.92. The molecule has 8 nitrogen and oxygen atoms in total. The van der Waals surface area contributed by atoms with E-state index < -0.39 is 11.8 Å². The first-order chi connectivity index (χ1) is 11.0. The van der Waals surface area contributed by atoms with Gasteiger partial charge in [0.05, 0.1) is 23.5 Å². The fourth-order valence-electron chi connectivity index (χ4n) is 1.81. The van der Waals surface area contributed by atoms with E-state index in [9.17, 15) is 19.8 Å². The Balaban J connectivity index is 0.00000288. The van der Waals surface area contributed by atoms with Crippen molar-refractivity contribution in [3.05, 3.63) is 48.0 Å². The SMILES string of the molecule is CC(CNC(=O)c1cncc(O)c1)NC(=O)c1cncc(O)c1.Cl.Cl. The molecule has 2 rings (SSSR count). The van der Waals surface area contributed by atoms with Crippen molar-refractivity contribution in [2.75, 3.05) is 6.54 Å². The van der Waals surface area contributed by atoms with Gasteiger partial charge in [0.25, 0.3) is 11.8 Å². The van der Waals surface area contributed by atoms with E-state index in [1.54, 1.807) is 6.92 Å². The third kappa shape index (κ3) is 6.82. The fourth-order valence-corrected chi connectivity index (χ4v) is 1.81. The molecule has 136 valence electrons. The summed E-state index contributed by atoms with van der Waals surface area (Å²) < 4.78 is 0. The van der Waals surface area contributed by atoms with Crippen molar-refractivity contribution in [1.82, 2.24) is 20.6 Å². The Hall–Kier alpha value is -2.58. The molecule has 0 saturated carbocycles. The number of nitrogens with zero attached hydrogens (tertiary/aromatic N) is 2. The lowest BCUT2D eigenvalue weighted by Crippen LogP contribution is -2.41. The van der Waals surface area contributed by atoms with Gasteiger partial charge < -0.3 is 20.8 Å². The fraction of sp³-hybridized carbons (Fsp3) is 0.200. The second-order valence-electron chi connectivity index (χ2n) is 4.95. The summed E-state index contributed by atoms with van der Waals surface area (Å²) in [5.41, 5.74) is 0.445.